The minimum absolute atomic E-state index is 0.159. The van der Waals surface area contributed by atoms with Crippen molar-refractivity contribution in [2.24, 2.45) is 11.7 Å². The molecule has 0 aromatic carbocycles. The first-order valence-corrected chi connectivity index (χ1v) is 7.33. The van der Waals surface area contributed by atoms with Gasteiger partial charge in [-0.05, 0) is 51.0 Å². The molecule has 1 rings (SSSR count). The standard InChI is InChI=1S/C14H28N2O2/c1-2-11(9-10-15)3-8-14(18)16-12-4-6-13(17)7-5-12/h11-13,17H,2-10,15H2,1H3,(H,16,18). The molecule has 4 nitrogen and oxygen atoms in total. The van der Waals surface area contributed by atoms with Crippen molar-refractivity contribution in [3.63, 3.8) is 0 Å². The van der Waals surface area contributed by atoms with Crippen LogP contribution >= 0.6 is 0 Å². The Balaban J connectivity index is 2.16. The summed E-state index contributed by atoms with van der Waals surface area (Å²) < 4.78 is 0. The maximum absolute atomic E-state index is 11.8. The molecular formula is C14H28N2O2. The highest BCUT2D eigenvalue weighted by molar-refractivity contribution is 5.76. The fraction of sp³-hybridized carbons (Fsp3) is 0.929. The minimum atomic E-state index is -0.160. The van der Waals surface area contributed by atoms with Gasteiger partial charge < -0.3 is 16.2 Å². The molecule has 1 aliphatic rings. The van der Waals surface area contributed by atoms with Gasteiger partial charge in [-0.3, -0.25) is 4.79 Å². The van der Waals surface area contributed by atoms with Gasteiger partial charge in [0, 0.05) is 12.5 Å². The number of amides is 1. The molecule has 0 heterocycles. The number of carbonyl (C=O) groups is 1. The van der Waals surface area contributed by atoms with E-state index in [-0.39, 0.29) is 18.1 Å². The fourth-order valence-electron chi connectivity index (χ4n) is 2.64. The molecule has 106 valence electrons. The summed E-state index contributed by atoms with van der Waals surface area (Å²) in [6, 6.07) is 0.274. The monoisotopic (exact) mass is 256 g/mol. The lowest BCUT2D eigenvalue weighted by Gasteiger charge is -2.26. The molecule has 1 fully saturated rings. The van der Waals surface area contributed by atoms with Gasteiger partial charge in [0.25, 0.3) is 0 Å². The highest BCUT2D eigenvalue weighted by Gasteiger charge is 2.20. The summed E-state index contributed by atoms with van der Waals surface area (Å²) in [5, 5.41) is 12.5. The van der Waals surface area contributed by atoms with E-state index >= 15 is 0 Å². The second kappa shape index (κ2) is 8.48. The highest BCUT2D eigenvalue weighted by atomic mass is 16.3. The summed E-state index contributed by atoms with van der Waals surface area (Å²) in [5.74, 6) is 0.737. The number of nitrogens with two attached hydrogens (primary N) is 1. The van der Waals surface area contributed by atoms with E-state index < -0.39 is 0 Å². The zero-order valence-electron chi connectivity index (χ0n) is 11.5. The molecule has 0 aromatic heterocycles. The topological polar surface area (TPSA) is 75.4 Å². The van der Waals surface area contributed by atoms with Crippen LogP contribution in [0.4, 0.5) is 0 Å². The van der Waals surface area contributed by atoms with Crippen LogP contribution < -0.4 is 11.1 Å². The van der Waals surface area contributed by atoms with Gasteiger partial charge in [0.2, 0.25) is 5.91 Å². The number of hydrogen-bond donors (Lipinski definition) is 3. The van der Waals surface area contributed by atoms with Crippen molar-refractivity contribution in [2.75, 3.05) is 6.54 Å². The molecule has 1 amide bonds. The Bertz CT molecular complexity index is 238. The third-order valence-corrected chi connectivity index (χ3v) is 3.99. The molecule has 1 saturated carbocycles. The van der Waals surface area contributed by atoms with Gasteiger partial charge in [-0.2, -0.15) is 0 Å². The lowest BCUT2D eigenvalue weighted by Crippen LogP contribution is -2.38. The van der Waals surface area contributed by atoms with Gasteiger partial charge in [-0.1, -0.05) is 13.3 Å². The lowest BCUT2D eigenvalue weighted by atomic mass is 9.92. The van der Waals surface area contributed by atoms with Crippen molar-refractivity contribution < 1.29 is 9.90 Å². The Hall–Kier alpha value is -0.610. The Morgan fingerprint density at radius 1 is 1.33 bits per heavy atom. The number of carbonyl (C=O) groups excluding carboxylic acids is 1. The summed E-state index contributed by atoms with van der Waals surface area (Å²) in [6.45, 7) is 2.86. The van der Waals surface area contributed by atoms with E-state index in [1.54, 1.807) is 0 Å². The van der Waals surface area contributed by atoms with Crippen molar-refractivity contribution in [1.29, 1.82) is 0 Å². The van der Waals surface area contributed by atoms with Crippen molar-refractivity contribution >= 4 is 5.91 Å². The molecule has 0 aromatic rings. The Labute approximate surface area is 110 Å². The maximum atomic E-state index is 11.8. The van der Waals surface area contributed by atoms with E-state index in [0.717, 1.165) is 44.9 Å². The average Bonchev–Trinajstić information content (AvgIpc) is 2.37. The van der Waals surface area contributed by atoms with Crippen LogP contribution in [0.1, 0.15) is 58.3 Å². The normalized spacial score (nSPS) is 25.7. The van der Waals surface area contributed by atoms with E-state index in [0.29, 0.717) is 18.9 Å². The van der Waals surface area contributed by atoms with Gasteiger partial charge in [-0.15, -0.1) is 0 Å². The Morgan fingerprint density at radius 2 is 2.00 bits per heavy atom. The van der Waals surface area contributed by atoms with E-state index in [9.17, 15) is 9.90 Å². The molecular weight excluding hydrogens is 228 g/mol. The molecule has 0 spiro atoms. The van der Waals surface area contributed by atoms with Crippen LogP contribution in [0.15, 0.2) is 0 Å². The van der Waals surface area contributed by atoms with Gasteiger partial charge in [0.15, 0.2) is 0 Å². The molecule has 1 aliphatic carbocycles. The van der Waals surface area contributed by atoms with Crippen molar-refractivity contribution in [3.05, 3.63) is 0 Å². The zero-order valence-corrected chi connectivity index (χ0v) is 11.5. The number of rotatable bonds is 7. The van der Waals surface area contributed by atoms with E-state index in [2.05, 4.69) is 12.2 Å². The van der Waals surface area contributed by atoms with Gasteiger partial charge in [-0.25, -0.2) is 0 Å². The third-order valence-electron chi connectivity index (χ3n) is 3.99. The number of nitrogens with one attached hydrogen (secondary N) is 1. The van der Waals surface area contributed by atoms with E-state index in [4.69, 9.17) is 5.73 Å². The second-order valence-corrected chi connectivity index (χ2v) is 5.46. The molecule has 0 radical (unpaired) electrons. The van der Waals surface area contributed by atoms with Gasteiger partial charge in [0.1, 0.15) is 0 Å². The van der Waals surface area contributed by atoms with Crippen molar-refractivity contribution in [3.8, 4) is 0 Å². The molecule has 4 N–H and O–H groups in total. The highest BCUT2D eigenvalue weighted by Crippen LogP contribution is 2.19. The van der Waals surface area contributed by atoms with Crippen molar-refractivity contribution in [2.45, 2.75) is 70.4 Å². The Morgan fingerprint density at radius 3 is 2.56 bits per heavy atom. The SMILES string of the molecule is CCC(CCN)CCC(=O)NC1CCC(O)CC1. The first-order valence-electron chi connectivity index (χ1n) is 7.33. The Kier molecular flexibility index (Phi) is 7.28. The third kappa shape index (κ3) is 5.83. The smallest absolute Gasteiger partial charge is 0.220 e. The lowest BCUT2D eigenvalue weighted by molar-refractivity contribution is -0.122. The number of aliphatic hydroxyl groups excluding tert-OH is 1. The van der Waals surface area contributed by atoms with Crippen LogP contribution in [-0.4, -0.2) is 29.7 Å². The maximum Gasteiger partial charge on any atom is 0.220 e. The number of aliphatic hydroxyl groups is 1. The molecule has 1 atom stereocenters. The molecule has 4 heteroatoms. The quantitative estimate of drug-likeness (QED) is 0.647. The van der Waals surface area contributed by atoms with Crippen LogP contribution in [0.2, 0.25) is 0 Å². The van der Waals surface area contributed by atoms with E-state index in [1.807, 2.05) is 0 Å². The van der Waals surface area contributed by atoms with E-state index in [1.165, 1.54) is 0 Å². The molecule has 0 bridgehead atoms. The van der Waals surface area contributed by atoms with Crippen LogP contribution in [0, 0.1) is 5.92 Å². The summed E-state index contributed by atoms with van der Waals surface area (Å²) >= 11 is 0. The van der Waals surface area contributed by atoms with Crippen molar-refractivity contribution in [1.82, 2.24) is 5.32 Å². The first kappa shape index (κ1) is 15.4. The first-order chi connectivity index (χ1) is 8.65. The fourth-order valence-corrected chi connectivity index (χ4v) is 2.64. The van der Waals surface area contributed by atoms with Crippen LogP contribution in [0.5, 0.6) is 0 Å². The summed E-state index contributed by atoms with van der Waals surface area (Å²) in [7, 11) is 0. The molecule has 0 aliphatic heterocycles. The summed E-state index contributed by atoms with van der Waals surface area (Å²) in [6.07, 6.45) is 6.95. The van der Waals surface area contributed by atoms with Crippen LogP contribution in [0.25, 0.3) is 0 Å². The number of hydrogen-bond acceptors (Lipinski definition) is 3. The summed E-state index contributed by atoms with van der Waals surface area (Å²) in [4.78, 5) is 11.8. The average molecular weight is 256 g/mol. The molecule has 18 heavy (non-hydrogen) atoms. The van der Waals surface area contributed by atoms with Gasteiger partial charge in [0.05, 0.1) is 6.10 Å². The predicted octanol–water partition coefficient (Wildman–Crippen LogP) is 1.56. The molecule has 0 saturated heterocycles. The van der Waals surface area contributed by atoms with Crippen LogP contribution in [-0.2, 0) is 4.79 Å². The second-order valence-electron chi connectivity index (χ2n) is 5.46. The summed E-state index contributed by atoms with van der Waals surface area (Å²) in [5.41, 5.74) is 5.55. The molecule has 1 unspecified atom stereocenters. The largest absolute Gasteiger partial charge is 0.393 e. The zero-order chi connectivity index (χ0) is 13.4. The predicted molar refractivity (Wildman–Crippen MR) is 73.1 cm³/mol. The van der Waals surface area contributed by atoms with Gasteiger partial charge >= 0.3 is 0 Å². The van der Waals surface area contributed by atoms with Crippen LogP contribution in [0.3, 0.4) is 0 Å². The minimum Gasteiger partial charge on any atom is -0.393 e.